The van der Waals surface area contributed by atoms with E-state index in [4.69, 9.17) is 0 Å². The molecular weight excluding hydrogens is 426 g/mol. The van der Waals surface area contributed by atoms with Crippen LogP contribution in [-0.2, 0) is 11.3 Å². The average molecular weight is 464 g/mol. The SMILES string of the molecule is O=C(Nc1ccccc1)C1CCN(C(=O)NCCCN2CCN(Cc3ccccc3)CC2)CC1. The molecule has 7 nitrogen and oxygen atoms in total. The van der Waals surface area contributed by atoms with Crippen LogP contribution in [0.3, 0.4) is 0 Å². The molecule has 4 rings (SSSR count). The fourth-order valence-corrected chi connectivity index (χ4v) is 4.73. The lowest BCUT2D eigenvalue weighted by molar-refractivity contribution is -0.121. The van der Waals surface area contributed by atoms with E-state index < -0.39 is 0 Å². The van der Waals surface area contributed by atoms with Gasteiger partial charge in [-0.1, -0.05) is 48.5 Å². The lowest BCUT2D eigenvalue weighted by Crippen LogP contribution is -2.48. The second-order valence-electron chi connectivity index (χ2n) is 9.31. The van der Waals surface area contributed by atoms with Crippen molar-refractivity contribution in [2.75, 3.05) is 57.7 Å². The highest BCUT2D eigenvalue weighted by atomic mass is 16.2. The largest absolute Gasteiger partial charge is 0.338 e. The van der Waals surface area contributed by atoms with E-state index in [1.807, 2.05) is 35.2 Å². The highest BCUT2D eigenvalue weighted by molar-refractivity contribution is 5.92. The van der Waals surface area contributed by atoms with Crippen LogP contribution in [0.25, 0.3) is 0 Å². The first-order valence-corrected chi connectivity index (χ1v) is 12.5. The Kier molecular flexibility index (Phi) is 8.93. The molecule has 182 valence electrons. The van der Waals surface area contributed by atoms with Crippen LogP contribution in [0.2, 0.25) is 0 Å². The van der Waals surface area contributed by atoms with Crippen LogP contribution in [0.1, 0.15) is 24.8 Å². The summed E-state index contributed by atoms with van der Waals surface area (Å²) in [7, 11) is 0. The Morgan fingerprint density at radius 1 is 0.794 bits per heavy atom. The molecule has 2 aromatic rings. The summed E-state index contributed by atoms with van der Waals surface area (Å²) in [4.78, 5) is 31.9. The summed E-state index contributed by atoms with van der Waals surface area (Å²) in [6.07, 6.45) is 2.37. The molecule has 2 N–H and O–H groups in total. The summed E-state index contributed by atoms with van der Waals surface area (Å²) in [5.41, 5.74) is 2.20. The number of nitrogens with one attached hydrogen (secondary N) is 2. The van der Waals surface area contributed by atoms with Crippen LogP contribution in [0.4, 0.5) is 10.5 Å². The van der Waals surface area contributed by atoms with Crippen LogP contribution in [0.5, 0.6) is 0 Å². The van der Waals surface area contributed by atoms with Gasteiger partial charge in [-0.2, -0.15) is 0 Å². The summed E-state index contributed by atoms with van der Waals surface area (Å²) < 4.78 is 0. The molecule has 0 aliphatic carbocycles. The third-order valence-electron chi connectivity index (χ3n) is 6.84. The lowest BCUT2D eigenvalue weighted by Gasteiger charge is -2.35. The van der Waals surface area contributed by atoms with Crippen LogP contribution < -0.4 is 10.6 Å². The number of nitrogens with zero attached hydrogens (tertiary/aromatic N) is 3. The molecule has 34 heavy (non-hydrogen) atoms. The smallest absolute Gasteiger partial charge is 0.317 e. The number of amides is 3. The highest BCUT2D eigenvalue weighted by Crippen LogP contribution is 2.19. The van der Waals surface area contributed by atoms with Crippen molar-refractivity contribution in [3.05, 3.63) is 66.2 Å². The van der Waals surface area contributed by atoms with Gasteiger partial charge in [-0.15, -0.1) is 0 Å². The van der Waals surface area contributed by atoms with E-state index in [0.717, 1.165) is 51.4 Å². The van der Waals surface area contributed by atoms with Gasteiger partial charge in [-0.05, 0) is 43.5 Å². The minimum absolute atomic E-state index is 0.00500. The second-order valence-corrected chi connectivity index (χ2v) is 9.31. The predicted molar refractivity (Wildman–Crippen MR) is 136 cm³/mol. The van der Waals surface area contributed by atoms with Gasteiger partial charge >= 0.3 is 6.03 Å². The number of benzene rings is 2. The third-order valence-corrected chi connectivity index (χ3v) is 6.84. The molecule has 0 bridgehead atoms. The van der Waals surface area contributed by atoms with Gasteiger partial charge in [0.05, 0.1) is 0 Å². The quantitative estimate of drug-likeness (QED) is 0.590. The number of carbonyl (C=O) groups excluding carboxylic acids is 2. The van der Waals surface area contributed by atoms with E-state index in [1.54, 1.807) is 0 Å². The van der Waals surface area contributed by atoms with Gasteiger partial charge in [-0.25, -0.2) is 4.79 Å². The standard InChI is InChI=1S/C27H37N5O2/c33-26(29-25-10-5-2-6-11-25)24-12-16-32(17-13-24)27(34)28-14-7-15-30-18-20-31(21-19-30)22-23-8-3-1-4-9-23/h1-6,8-11,24H,7,12-22H2,(H,28,34)(H,29,33). The fourth-order valence-electron chi connectivity index (χ4n) is 4.73. The molecular formula is C27H37N5O2. The molecule has 2 saturated heterocycles. The molecule has 2 aliphatic heterocycles. The number of anilines is 1. The molecule has 3 amide bonds. The summed E-state index contributed by atoms with van der Waals surface area (Å²) in [6, 6.07) is 20.2. The van der Waals surface area contributed by atoms with Crippen molar-refractivity contribution >= 4 is 17.6 Å². The van der Waals surface area contributed by atoms with Crippen LogP contribution in [-0.4, -0.2) is 79.0 Å². The van der Waals surface area contributed by atoms with E-state index in [1.165, 1.54) is 5.56 Å². The molecule has 0 saturated carbocycles. The minimum Gasteiger partial charge on any atom is -0.338 e. The van der Waals surface area contributed by atoms with E-state index in [-0.39, 0.29) is 17.9 Å². The molecule has 2 fully saturated rings. The van der Waals surface area contributed by atoms with Gasteiger partial charge in [0, 0.05) is 64.0 Å². The van der Waals surface area contributed by atoms with Gasteiger partial charge in [-0.3, -0.25) is 9.69 Å². The molecule has 2 aromatic carbocycles. The zero-order chi connectivity index (χ0) is 23.6. The van der Waals surface area contributed by atoms with E-state index in [2.05, 4.69) is 50.8 Å². The summed E-state index contributed by atoms with van der Waals surface area (Å²) in [6.45, 7) is 8.33. The monoisotopic (exact) mass is 463 g/mol. The zero-order valence-electron chi connectivity index (χ0n) is 20.0. The van der Waals surface area contributed by atoms with E-state index in [9.17, 15) is 9.59 Å². The Morgan fingerprint density at radius 2 is 1.41 bits per heavy atom. The molecule has 7 heteroatoms. The summed E-state index contributed by atoms with van der Waals surface area (Å²) in [5, 5.41) is 6.04. The summed E-state index contributed by atoms with van der Waals surface area (Å²) >= 11 is 0. The van der Waals surface area contributed by atoms with Gasteiger partial charge in [0.15, 0.2) is 0 Å². The highest BCUT2D eigenvalue weighted by Gasteiger charge is 2.27. The topological polar surface area (TPSA) is 67.9 Å². The van der Waals surface area contributed by atoms with Crippen molar-refractivity contribution in [3.63, 3.8) is 0 Å². The number of rotatable bonds is 8. The number of piperidine rings is 1. The lowest BCUT2D eigenvalue weighted by atomic mass is 9.96. The maximum absolute atomic E-state index is 12.5. The Bertz CT molecular complexity index is 892. The average Bonchev–Trinajstić information content (AvgIpc) is 2.89. The maximum atomic E-state index is 12.5. The molecule has 2 heterocycles. The number of hydrogen-bond acceptors (Lipinski definition) is 4. The fraction of sp³-hybridized carbons (Fsp3) is 0.481. The molecule has 2 aliphatic rings. The Balaban J connectivity index is 1.06. The number of hydrogen-bond donors (Lipinski definition) is 2. The maximum Gasteiger partial charge on any atom is 0.317 e. The Hall–Kier alpha value is -2.90. The van der Waals surface area contributed by atoms with Gasteiger partial charge in [0.1, 0.15) is 0 Å². The second kappa shape index (κ2) is 12.5. The number of likely N-dealkylation sites (tertiary alicyclic amines) is 1. The van der Waals surface area contributed by atoms with Gasteiger partial charge in [0.2, 0.25) is 5.91 Å². The number of carbonyl (C=O) groups is 2. The zero-order valence-corrected chi connectivity index (χ0v) is 20.0. The van der Waals surface area contributed by atoms with Crippen LogP contribution in [0.15, 0.2) is 60.7 Å². The van der Waals surface area contributed by atoms with Crippen molar-refractivity contribution in [1.29, 1.82) is 0 Å². The molecule has 0 aromatic heterocycles. The minimum atomic E-state index is -0.0372. The van der Waals surface area contributed by atoms with Crippen LogP contribution in [0, 0.1) is 5.92 Å². The predicted octanol–water partition coefficient (Wildman–Crippen LogP) is 3.25. The number of para-hydroxylation sites is 1. The Labute approximate surface area is 203 Å². The van der Waals surface area contributed by atoms with Crippen molar-refractivity contribution in [2.45, 2.75) is 25.8 Å². The van der Waals surface area contributed by atoms with E-state index >= 15 is 0 Å². The van der Waals surface area contributed by atoms with Gasteiger partial charge < -0.3 is 20.4 Å². The van der Waals surface area contributed by atoms with Crippen molar-refractivity contribution < 1.29 is 9.59 Å². The molecule has 0 atom stereocenters. The number of piperazine rings is 1. The normalized spacial score (nSPS) is 17.9. The Morgan fingerprint density at radius 3 is 2.09 bits per heavy atom. The molecule has 0 unspecified atom stereocenters. The van der Waals surface area contributed by atoms with Crippen LogP contribution >= 0.6 is 0 Å². The van der Waals surface area contributed by atoms with Crippen molar-refractivity contribution in [2.24, 2.45) is 5.92 Å². The molecule has 0 spiro atoms. The van der Waals surface area contributed by atoms with Gasteiger partial charge in [0.25, 0.3) is 0 Å². The first kappa shape index (κ1) is 24.2. The molecule has 0 radical (unpaired) electrons. The first-order valence-electron chi connectivity index (χ1n) is 12.5. The number of urea groups is 1. The first-order chi connectivity index (χ1) is 16.7. The van der Waals surface area contributed by atoms with Crippen molar-refractivity contribution in [1.82, 2.24) is 20.0 Å². The van der Waals surface area contributed by atoms with E-state index in [0.29, 0.717) is 32.5 Å². The third kappa shape index (κ3) is 7.30. The summed E-state index contributed by atoms with van der Waals surface area (Å²) in [5.74, 6) is 0.0138. The van der Waals surface area contributed by atoms with Crippen molar-refractivity contribution in [3.8, 4) is 0 Å².